The van der Waals surface area contributed by atoms with Gasteiger partial charge in [0, 0.05) is 31.1 Å². The van der Waals surface area contributed by atoms with Crippen LogP contribution in [0.15, 0.2) is 60.8 Å². The predicted octanol–water partition coefficient (Wildman–Crippen LogP) is 7.10. The van der Waals surface area contributed by atoms with Crippen molar-refractivity contribution in [2.24, 2.45) is 11.8 Å². The number of carbonyl (C=O) groups excluding carboxylic acids is 1. The van der Waals surface area contributed by atoms with Gasteiger partial charge in [0.2, 0.25) is 5.91 Å². The molecule has 0 bridgehead atoms. The van der Waals surface area contributed by atoms with E-state index in [1.54, 1.807) is 17.0 Å². The van der Waals surface area contributed by atoms with E-state index >= 15 is 0 Å². The van der Waals surface area contributed by atoms with Gasteiger partial charge in [0.25, 0.3) is 0 Å². The molecule has 1 heterocycles. The van der Waals surface area contributed by atoms with Gasteiger partial charge in [0.05, 0.1) is 17.2 Å². The normalized spacial score (nSPS) is 25.5. The van der Waals surface area contributed by atoms with E-state index in [0.29, 0.717) is 37.1 Å². The van der Waals surface area contributed by atoms with Crippen LogP contribution in [0.25, 0.3) is 6.08 Å². The molecule has 1 aliphatic heterocycles. The first-order valence-electron chi connectivity index (χ1n) is 14.9. The Balaban J connectivity index is 0.000000385. The van der Waals surface area contributed by atoms with Gasteiger partial charge in [-0.15, -0.1) is 0 Å². The van der Waals surface area contributed by atoms with Crippen LogP contribution in [0, 0.1) is 25.7 Å². The van der Waals surface area contributed by atoms with E-state index < -0.39 is 17.3 Å². The lowest BCUT2D eigenvalue weighted by molar-refractivity contribution is -0.137. The number of rotatable bonds is 6. The highest BCUT2D eigenvalue weighted by Crippen LogP contribution is 2.44. The summed E-state index contributed by atoms with van der Waals surface area (Å²) in [6.45, 7) is 9.41. The summed E-state index contributed by atoms with van der Waals surface area (Å²) in [6.07, 6.45) is 7.16. The fraction of sp³-hybridized carbons (Fsp3) is 0.500. The number of phenolic OH excluding ortho intramolecular Hbond substituents is 1. The molecule has 0 saturated heterocycles. The maximum Gasteiger partial charge on any atom is 0.416 e. The second kappa shape index (κ2) is 12.9. The summed E-state index contributed by atoms with van der Waals surface area (Å²) in [5.41, 5.74) is 0.938. The Morgan fingerprint density at radius 1 is 1.14 bits per heavy atom. The molecule has 1 amide bonds. The topological polar surface area (TPSA) is 64.0 Å². The van der Waals surface area contributed by atoms with Crippen molar-refractivity contribution in [2.45, 2.75) is 83.7 Å². The number of alkyl halides is 3. The van der Waals surface area contributed by atoms with Crippen molar-refractivity contribution in [1.82, 2.24) is 9.80 Å². The first-order valence-corrected chi connectivity index (χ1v) is 14.9. The van der Waals surface area contributed by atoms with Crippen LogP contribution in [0.1, 0.15) is 68.2 Å². The van der Waals surface area contributed by atoms with Crippen molar-refractivity contribution >= 4 is 12.0 Å². The van der Waals surface area contributed by atoms with Crippen LogP contribution in [0.4, 0.5) is 13.2 Å². The van der Waals surface area contributed by atoms with Crippen LogP contribution >= 0.6 is 0 Å². The van der Waals surface area contributed by atoms with Gasteiger partial charge in [-0.2, -0.15) is 13.2 Å². The summed E-state index contributed by atoms with van der Waals surface area (Å²) < 4.78 is 38.8. The van der Waals surface area contributed by atoms with E-state index in [1.165, 1.54) is 36.6 Å². The van der Waals surface area contributed by atoms with Crippen molar-refractivity contribution in [3.8, 4) is 5.75 Å². The SMILES string of the molecule is CCN(C(=O)/C=C/c1cccc(C(F)(F)F)c1)C1CCC2(O)C(C=CN(CC3CC3)[C@@H]2C)C1.Cc1ccc(O)c(C)c1. The van der Waals surface area contributed by atoms with Gasteiger partial charge in [-0.05, 0) is 107 Å². The summed E-state index contributed by atoms with van der Waals surface area (Å²) in [4.78, 5) is 17.0. The van der Waals surface area contributed by atoms with Crippen LogP contribution in [-0.2, 0) is 11.0 Å². The number of likely N-dealkylation sites (N-methyl/N-ethyl adjacent to an activating group) is 1. The number of amides is 1. The van der Waals surface area contributed by atoms with Crippen molar-refractivity contribution < 1.29 is 28.2 Å². The smallest absolute Gasteiger partial charge is 0.416 e. The second-order valence-corrected chi connectivity index (χ2v) is 12.1. The Bertz CT molecular complexity index is 1300. The van der Waals surface area contributed by atoms with E-state index in [-0.39, 0.29) is 23.9 Å². The molecule has 2 aromatic carbocycles. The Morgan fingerprint density at radius 2 is 1.88 bits per heavy atom. The maximum absolute atomic E-state index is 12.9. The van der Waals surface area contributed by atoms with E-state index in [2.05, 4.69) is 24.1 Å². The molecule has 228 valence electrons. The first kappa shape index (κ1) is 31.7. The minimum absolute atomic E-state index is 0.00855. The van der Waals surface area contributed by atoms with Gasteiger partial charge in [-0.25, -0.2) is 0 Å². The molecule has 2 aliphatic carbocycles. The second-order valence-electron chi connectivity index (χ2n) is 12.1. The Morgan fingerprint density at radius 3 is 2.50 bits per heavy atom. The highest BCUT2D eigenvalue weighted by Gasteiger charge is 2.50. The Labute approximate surface area is 247 Å². The van der Waals surface area contributed by atoms with Crippen LogP contribution in [0.5, 0.6) is 5.75 Å². The van der Waals surface area contributed by atoms with Gasteiger partial charge in [0.1, 0.15) is 5.75 Å². The largest absolute Gasteiger partial charge is 0.508 e. The molecule has 0 radical (unpaired) electrons. The number of fused-ring (bicyclic) bond motifs is 1. The summed E-state index contributed by atoms with van der Waals surface area (Å²) in [5.74, 6) is 0.885. The fourth-order valence-corrected chi connectivity index (χ4v) is 6.17. The monoisotopic (exact) mass is 584 g/mol. The van der Waals surface area contributed by atoms with Crippen LogP contribution in [-0.4, -0.2) is 56.7 Å². The zero-order chi connectivity index (χ0) is 30.7. The molecule has 3 aliphatic rings. The molecule has 0 aromatic heterocycles. The number of phenols is 1. The van der Waals surface area contributed by atoms with E-state index in [0.717, 1.165) is 30.2 Å². The molecule has 8 heteroatoms. The molecular formula is C34H43F3N2O3. The van der Waals surface area contributed by atoms with E-state index in [1.807, 2.05) is 32.9 Å². The summed E-state index contributed by atoms with van der Waals surface area (Å²) in [7, 11) is 0. The number of halogens is 3. The lowest BCUT2D eigenvalue weighted by atomic mass is 9.67. The van der Waals surface area contributed by atoms with Gasteiger partial charge in [-0.3, -0.25) is 4.79 Å². The van der Waals surface area contributed by atoms with Crippen molar-refractivity contribution in [3.63, 3.8) is 0 Å². The van der Waals surface area contributed by atoms with Crippen molar-refractivity contribution in [1.29, 1.82) is 0 Å². The minimum atomic E-state index is -4.42. The Hall–Kier alpha value is -3.26. The standard InChI is InChI=1S/C26H33F3N2O2.C8H10O/c1-3-31(24(32)10-9-19-5-4-6-22(15-19)26(27,28)29)23-11-13-25(33)18(2)30(17-20-7-8-20)14-12-21(25)16-23;1-6-3-4-8(9)7(2)5-6/h4-6,9-10,12,14-15,18,20-21,23,33H,3,7-8,11,13,16-17H2,1-2H3;3-5,9H,1-2H3/b10-9+;/t18-,21?,23?,25?;/m1./s1. The molecular weight excluding hydrogens is 541 g/mol. The predicted molar refractivity (Wildman–Crippen MR) is 160 cm³/mol. The number of aromatic hydroxyl groups is 1. The van der Waals surface area contributed by atoms with Crippen LogP contribution in [0.2, 0.25) is 0 Å². The lowest BCUT2D eigenvalue weighted by Gasteiger charge is -2.52. The zero-order valence-corrected chi connectivity index (χ0v) is 24.9. The van der Waals surface area contributed by atoms with Crippen molar-refractivity contribution in [3.05, 3.63) is 83.1 Å². The number of nitrogens with zero attached hydrogens (tertiary/aromatic N) is 2. The fourth-order valence-electron chi connectivity index (χ4n) is 6.17. The highest BCUT2D eigenvalue weighted by atomic mass is 19.4. The number of hydrogen-bond acceptors (Lipinski definition) is 4. The quantitative estimate of drug-likeness (QED) is 0.356. The van der Waals surface area contributed by atoms with Gasteiger partial charge in [0.15, 0.2) is 0 Å². The molecule has 2 saturated carbocycles. The molecule has 2 fully saturated rings. The highest BCUT2D eigenvalue weighted by molar-refractivity contribution is 5.92. The van der Waals surface area contributed by atoms with E-state index in [9.17, 15) is 23.1 Å². The van der Waals surface area contributed by atoms with Crippen LogP contribution in [0.3, 0.4) is 0 Å². The molecule has 5 nitrogen and oxygen atoms in total. The molecule has 2 N–H and O–H groups in total. The maximum atomic E-state index is 12.9. The van der Waals surface area contributed by atoms with Crippen molar-refractivity contribution in [2.75, 3.05) is 13.1 Å². The number of carbonyl (C=O) groups is 1. The molecule has 4 atom stereocenters. The average molecular weight is 585 g/mol. The molecule has 42 heavy (non-hydrogen) atoms. The third-order valence-corrected chi connectivity index (χ3v) is 8.99. The Kier molecular flexibility index (Phi) is 9.76. The number of aliphatic hydroxyl groups is 1. The summed E-state index contributed by atoms with van der Waals surface area (Å²) >= 11 is 0. The average Bonchev–Trinajstić information content (AvgIpc) is 3.77. The van der Waals surface area contributed by atoms with Gasteiger partial charge < -0.3 is 20.0 Å². The first-order chi connectivity index (χ1) is 19.8. The molecule has 2 aromatic rings. The van der Waals surface area contributed by atoms with Crippen LogP contribution < -0.4 is 0 Å². The van der Waals surface area contributed by atoms with Gasteiger partial charge >= 0.3 is 6.18 Å². The minimum Gasteiger partial charge on any atom is -0.508 e. The molecule has 5 rings (SSSR count). The third-order valence-electron chi connectivity index (χ3n) is 8.99. The molecule has 0 spiro atoms. The zero-order valence-electron chi connectivity index (χ0n) is 24.9. The number of aryl methyl sites for hydroxylation is 2. The number of hydrogen-bond donors (Lipinski definition) is 2. The third kappa shape index (κ3) is 7.57. The number of benzene rings is 2. The lowest BCUT2D eigenvalue weighted by Crippen LogP contribution is -2.60. The summed E-state index contributed by atoms with van der Waals surface area (Å²) in [6, 6.07) is 10.6. The van der Waals surface area contributed by atoms with Gasteiger partial charge in [-0.1, -0.05) is 35.9 Å². The summed E-state index contributed by atoms with van der Waals surface area (Å²) in [5, 5.41) is 20.6. The van der Waals surface area contributed by atoms with E-state index in [4.69, 9.17) is 5.11 Å². The molecule has 3 unspecified atom stereocenters.